The van der Waals surface area contributed by atoms with Gasteiger partial charge in [0.1, 0.15) is 6.54 Å². The van der Waals surface area contributed by atoms with E-state index in [1.807, 2.05) is 12.1 Å². The molecule has 1 aliphatic heterocycles. The summed E-state index contributed by atoms with van der Waals surface area (Å²) in [6, 6.07) is 6.10. The third kappa shape index (κ3) is 7.59. The summed E-state index contributed by atoms with van der Waals surface area (Å²) in [6.07, 6.45) is 0.963. The second-order valence-electron chi connectivity index (χ2n) is 7.54. The minimum atomic E-state index is -0.0396. The van der Waals surface area contributed by atoms with Crippen LogP contribution in [0.1, 0.15) is 24.9 Å². The van der Waals surface area contributed by atoms with Crippen molar-refractivity contribution < 1.29 is 19.0 Å². The van der Waals surface area contributed by atoms with Gasteiger partial charge in [0.2, 0.25) is 5.91 Å². The highest BCUT2D eigenvalue weighted by atomic mass is 16.5. The molecular formula is C22H37N5O4. The zero-order chi connectivity index (χ0) is 22.6. The molecule has 1 fully saturated rings. The van der Waals surface area contributed by atoms with Crippen LogP contribution in [0.5, 0.6) is 11.5 Å². The molecule has 1 saturated heterocycles. The molecule has 9 heteroatoms. The molecule has 0 aromatic heterocycles. The average Bonchev–Trinajstić information content (AvgIpc) is 2.80. The Morgan fingerprint density at radius 1 is 1.19 bits per heavy atom. The zero-order valence-electron chi connectivity index (χ0n) is 19.4. The number of carbonyl (C=O) groups is 1. The number of morpholine rings is 1. The van der Waals surface area contributed by atoms with Crippen LogP contribution in [-0.2, 0) is 9.53 Å². The zero-order valence-corrected chi connectivity index (χ0v) is 19.4. The van der Waals surface area contributed by atoms with Gasteiger partial charge in [-0.2, -0.15) is 0 Å². The van der Waals surface area contributed by atoms with Crippen molar-refractivity contribution in [2.24, 2.45) is 4.99 Å². The number of hydrogen-bond donors (Lipinski definition) is 2. The molecule has 0 saturated carbocycles. The lowest BCUT2D eigenvalue weighted by Crippen LogP contribution is -2.46. The van der Waals surface area contributed by atoms with E-state index in [1.54, 1.807) is 33.2 Å². The second kappa shape index (κ2) is 13.0. The molecule has 1 aliphatic rings. The maximum absolute atomic E-state index is 12.0. The smallest absolute Gasteiger partial charge is 0.243 e. The molecule has 1 atom stereocenters. The van der Waals surface area contributed by atoms with E-state index in [1.165, 1.54) is 0 Å². The molecule has 1 amide bonds. The molecule has 2 rings (SSSR count). The Balaban J connectivity index is 2.21. The van der Waals surface area contributed by atoms with E-state index in [-0.39, 0.29) is 18.5 Å². The number of guanidine groups is 1. The molecule has 0 aliphatic carbocycles. The molecule has 1 aromatic carbocycles. The van der Waals surface area contributed by atoms with Gasteiger partial charge in [-0.15, -0.1) is 0 Å². The average molecular weight is 436 g/mol. The molecule has 0 radical (unpaired) electrons. The van der Waals surface area contributed by atoms with Gasteiger partial charge in [0, 0.05) is 40.3 Å². The minimum absolute atomic E-state index is 0.0396. The van der Waals surface area contributed by atoms with Gasteiger partial charge in [0.05, 0.1) is 33.5 Å². The van der Waals surface area contributed by atoms with Crippen molar-refractivity contribution in [2.75, 3.05) is 74.3 Å². The number of methoxy groups -OCH3 is 2. The van der Waals surface area contributed by atoms with Crippen LogP contribution < -0.4 is 20.1 Å². The van der Waals surface area contributed by atoms with Crippen LogP contribution in [-0.4, -0.2) is 95.9 Å². The van der Waals surface area contributed by atoms with Gasteiger partial charge in [0.25, 0.3) is 0 Å². The van der Waals surface area contributed by atoms with Gasteiger partial charge in [0.15, 0.2) is 17.5 Å². The molecule has 1 aromatic rings. The highest BCUT2D eigenvalue weighted by Crippen LogP contribution is 2.32. The van der Waals surface area contributed by atoms with Crippen LogP contribution in [0, 0.1) is 0 Å². The van der Waals surface area contributed by atoms with E-state index < -0.39 is 0 Å². The fourth-order valence-electron chi connectivity index (χ4n) is 3.31. The predicted molar refractivity (Wildman–Crippen MR) is 122 cm³/mol. The van der Waals surface area contributed by atoms with Gasteiger partial charge in [-0.05, 0) is 24.1 Å². The lowest BCUT2D eigenvalue weighted by molar-refractivity contribution is -0.127. The Bertz CT molecular complexity index is 720. The van der Waals surface area contributed by atoms with Crippen LogP contribution in [0.15, 0.2) is 23.2 Å². The molecule has 0 spiro atoms. The number of ether oxygens (including phenoxy) is 3. The van der Waals surface area contributed by atoms with E-state index in [4.69, 9.17) is 14.2 Å². The van der Waals surface area contributed by atoms with Gasteiger partial charge in [-0.3, -0.25) is 9.69 Å². The molecule has 2 N–H and O–H groups in total. The van der Waals surface area contributed by atoms with Crippen LogP contribution in [0.4, 0.5) is 0 Å². The Hall–Kier alpha value is -2.52. The predicted octanol–water partition coefficient (Wildman–Crippen LogP) is 1.11. The Morgan fingerprint density at radius 3 is 2.52 bits per heavy atom. The molecule has 1 heterocycles. The van der Waals surface area contributed by atoms with Crippen molar-refractivity contribution in [3.05, 3.63) is 23.8 Å². The summed E-state index contributed by atoms with van der Waals surface area (Å²) in [4.78, 5) is 20.4. The van der Waals surface area contributed by atoms with Crippen molar-refractivity contribution in [1.82, 2.24) is 20.4 Å². The number of aliphatic imine (C=N–C) groups is 1. The van der Waals surface area contributed by atoms with E-state index in [2.05, 4.69) is 33.5 Å². The Kier molecular flexibility index (Phi) is 10.4. The summed E-state index contributed by atoms with van der Waals surface area (Å²) in [5.41, 5.74) is 1.12. The molecular weight excluding hydrogens is 398 g/mol. The molecule has 31 heavy (non-hydrogen) atoms. The fraction of sp³-hybridized carbons (Fsp3) is 0.636. The van der Waals surface area contributed by atoms with Gasteiger partial charge >= 0.3 is 0 Å². The maximum Gasteiger partial charge on any atom is 0.243 e. The fourth-order valence-corrected chi connectivity index (χ4v) is 3.31. The highest BCUT2D eigenvalue weighted by Gasteiger charge is 2.24. The van der Waals surface area contributed by atoms with E-state index in [9.17, 15) is 4.79 Å². The van der Waals surface area contributed by atoms with Crippen molar-refractivity contribution in [2.45, 2.75) is 19.4 Å². The molecule has 174 valence electrons. The minimum Gasteiger partial charge on any atom is -0.493 e. The number of hydrogen-bond acceptors (Lipinski definition) is 6. The summed E-state index contributed by atoms with van der Waals surface area (Å²) in [7, 11) is 6.74. The normalized spacial score (nSPS) is 15.8. The third-order valence-electron chi connectivity index (χ3n) is 5.16. The first-order chi connectivity index (χ1) is 15.0. The standard InChI is InChI=1S/C22H37N5O4/c1-6-9-23-22(25-16-21(28)26(2)3)24-15-18(27-10-12-31-13-11-27)17-7-8-19(29-4)20(14-17)30-5/h7-8,14,18H,6,9-13,15-16H2,1-5H3,(H2,23,24,25). The summed E-state index contributed by atoms with van der Waals surface area (Å²) in [6.45, 7) is 6.69. The topological polar surface area (TPSA) is 87.7 Å². The lowest BCUT2D eigenvalue weighted by Gasteiger charge is -2.35. The Morgan fingerprint density at radius 2 is 1.90 bits per heavy atom. The van der Waals surface area contributed by atoms with Crippen molar-refractivity contribution in [3.8, 4) is 11.5 Å². The molecule has 9 nitrogen and oxygen atoms in total. The van der Waals surface area contributed by atoms with Crippen molar-refractivity contribution >= 4 is 11.9 Å². The SMILES string of the molecule is CCCNC(=NCC(=O)N(C)C)NCC(c1ccc(OC)c(OC)c1)N1CCOCC1. The summed E-state index contributed by atoms with van der Waals surface area (Å²) >= 11 is 0. The number of rotatable bonds is 10. The summed E-state index contributed by atoms with van der Waals surface area (Å²) < 4.78 is 16.5. The maximum atomic E-state index is 12.0. The van der Waals surface area contributed by atoms with E-state index >= 15 is 0 Å². The monoisotopic (exact) mass is 435 g/mol. The number of likely N-dealkylation sites (N-methyl/N-ethyl adjacent to an activating group) is 1. The van der Waals surface area contributed by atoms with Gasteiger partial charge in [-0.25, -0.2) is 4.99 Å². The quantitative estimate of drug-likeness (QED) is 0.420. The highest BCUT2D eigenvalue weighted by molar-refractivity contribution is 5.84. The van der Waals surface area contributed by atoms with Crippen LogP contribution in [0.2, 0.25) is 0 Å². The van der Waals surface area contributed by atoms with Crippen LogP contribution in [0.3, 0.4) is 0 Å². The largest absolute Gasteiger partial charge is 0.493 e. The third-order valence-corrected chi connectivity index (χ3v) is 5.16. The van der Waals surface area contributed by atoms with Crippen molar-refractivity contribution in [1.29, 1.82) is 0 Å². The summed E-state index contributed by atoms with van der Waals surface area (Å²) in [5.74, 6) is 2.00. The first-order valence-electron chi connectivity index (χ1n) is 10.8. The summed E-state index contributed by atoms with van der Waals surface area (Å²) in [5, 5.41) is 6.72. The second-order valence-corrected chi connectivity index (χ2v) is 7.54. The number of benzene rings is 1. The number of nitrogens with one attached hydrogen (secondary N) is 2. The lowest BCUT2D eigenvalue weighted by atomic mass is 10.0. The first kappa shape index (κ1) is 24.7. The van der Waals surface area contributed by atoms with Gasteiger partial charge in [-0.1, -0.05) is 13.0 Å². The number of carbonyl (C=O) groups excluding carboxylic acids is 1. The van der Waals surface area contributed by atoms with E-state index in [0.29, 0.717) is 37.2 Å². The van der Waals surface area contributed by atoms with Crippen LogP contribution >= 0.6 is 0 Å². The van der Waals surface area contributed by atoms with Gasteiger partial charge < -0.3 is 29.7 Å². The first-order valence-corrected chi connectivity index (χ1v) is 10.8. The molecule has 1 unspecified atom stereocenters. The van der Waals surface area contributed by atoms with Crippen LogP contribution in [0.25, 0.3) is 0 Å². The van der Waals surface area contributed by atoms with E-state index in [0.717, 1.165) is 31.6 Å². The number of nitrogens with zero attached hydrogens (tertiary/aromatic N) is 3. The Labute approximate surface area is 185 Å². The number of amides is 1. The molecule has 0 bridgehead atoms. The van der Waals surface area contributed by atoms with Crippen molar-refractivity contribution in [3.63, 3.8) is 0 Å².